The summed E-state index contributed by atoms with van der Waals surface area (Å²) in [5.74, 6) is 0.911. The number of amidine groups is 2. The Kier molecular flexibility index (Phi) is 5.35. The number of rotatable bonds is 3. The molecule has 146 valence electrons. The number of hydrogen-bond acceptors (Lipinski definition) is 5. The van der Waals surface area contributed by atoms with Gasteiger partial charge in [-0.25, -0.2) is 14.8 Å². The lowest BCUT2D eigenvalue weighted by Gasteiger charge is -2.21. The minimum atomic E-state index is -4.49. The molecule has 3 rings (SSSR count). The van der Waals surface area contributed by atoms with Crippen molar-refractivity contribution in [3.63, 3.8) is 0 Å². The highest BCUT2D eigenvalue weighted by molar-refractivity contribution is 6.38. The quantitative estimate of drug-likeness (QED) is 0.741. The lowest BCUT2D eigenvalue weighted by molar-refractivity contribution is -0.138. The Labute approximate surface area is 159 Å². The van der Waals surface area contributed by atoms with Crippen molar-refractivity contribution in [2.24, 2.45) is 15.0 Å². The molecule has 0 spiro atoms. The largest absolute Gasteiger partial charge is 0.417 e. The molecule has 0 aliphatic carbocycles. The van der Waals surface area contributed by atoms with E-state index in [4.69, 9.17) is 0 Å². The molecule has 10 heteroatoms. The van der Waals surface area contributed by atoms with Gasteiger partial charge in [-0.15, -0.1) is 0 Å². The number of aliphatic imine (C=N–C) groups is 3. The van der Waals surface area contributed by atoms with E-state index in [0.29, 0.717) is 24.6 Å². The Morgan fingerprint density at radius 1 is 1.32 bits per heavy atom. The van der Waals surface area contributed by atoms with Crippen LogP contribution in [-0.4, -0.2) is 36.5 Å². The number of nitrogens with zero attached hydrogens (tertiary/aromatic N) is 3. The van der Waals surface area contributed by atoms with Gasteiger partial charge in [-0.2, -0.15) is 13.2 Å². The van der Waals surface area contributed by atoms with Gasteiger partial charge in [-0.05, 0) is 38.5 Å². The average molecular weight is 390 g/mol. The van der Waals surface area contributed by atoms with Gasteiger partial charge >= 0.3 is 12.2 Å². The van der Waals surface area contributed by atoms with Gasteiger partial charge in [0.1, 0.15) is 11.9 Å². The number of hydrogen-bond donors (Lipinski definition) is 3. The van der Waals surface area contributed by atoms with Crippen molar-refractivity contribution in [3.05, 3.63) is 41.2 Å². The highest BCUT2D eigenvalue weighted by Gasteiger charge is 2.32. The van der Waals surface area contributed by atoms with Crippen molar-refractivity contribution in [2.45, 2.75) is 32.5 Å². The summed E-state index contributed by atoms with van der Waals surface area (Å²) in [5, 5.41) is 7.93. The molecule has 2 amide bonds. The van der Waals surface area contributed by atoms with E-state index in [1.54, 1.807) is 13.0 Å². The predicted octanol–water partition coefficient (Wildman–Crippen LogP) is 2.84. The van der Waals surface area contributed by atoms with Gasteiger partial charge in [-0.3, -0.25) is 10.3 Å². The molecule has 0 radical (unpaired) electrons. The second-order valence-electron chi connectivity index (χ2n) is 6.04. The fourth-order valence-corrected chi connectivity index (χ4v) is 2.59. The molecule has 0 saturated carbocycles. The number of urea groups is 1. The summed E-state index contributed by atoms with van der Waals surface area (Å²) in [6.45, 7) is 3.58. The number of carbonyl (C=O) groups excluding carboxylic acids is 1. The highest BCUT2D eigenvalue weighted by Crippen LogP contribution is 2.32. The van der Waals surface area contributed by atoms with Gasteiger partial charge in [0.25, 0.3) is 0 Å². The summed E-state index contributed by atoms with van der Waals surface area (Å²) >= 11 is 0. The zero-order valence-electron chi connectivity index (χ0n) is 15.1. The Balaban J connectivity index is 1.77. The summed E-state index contributed by atoms with van der Waals surface area (Å²) in [5.41, 5.74) is -0.777. The van der Waals surface area contributed by atoms with Crippen molar-refractivity contribution in [1.29, 1.82) is 0 Å². The van der Waals surface area contributed by atoms with Crippen molar-refractivity contribution >= 4 is 29.6 Å². The first-order chi connectivity index (χ1) is 13.3. The molecule has 0 aromatic heterocycles. The lowest BCUT2D eigenvalue weighted by Crippen LogP contribution is -2.36. The van der Waals surface area contributed by atoms with Crippen molar-refractivity contribution < 1.29 is 18.0 Å². The monoisotopic (exact) mass is 390 g/mol. The molecule has 0 fully saturated rings. The summed E-state index contributed by atoms with van der Waals surface area (Å²) in [6, 6.07) is 5.34. The number of halogens is 3. The summed E-state index contributed by atoms with van der Waals surface area (Å²) in [6.07, 6.45) is -0.832. The maximum atomic E-state index is 13.0. The van der Waals surface area contributed by atoms with Crippen LogP contribution in [0.2, 0.25) is 0 Å². The molecule has 1 atom stereocenters. The number of carbonyl (C=O) groups is 1. The zero-order chi connectivity index (χ0) is 20.3. The van der Waals surface area contributed by atoms with Crippen LogP contribution >= 0.6 is 0 Å². The maximum Gasteiger partial charge on any atom is 0.417 e. The van der Waals surface area contributed by atoms with E-state index in [9.17, 15) is 18.0 Å². The van der Waals surface area contributed by atoms with E-state index in [2.05, 4.69) is 43.1 Å². The molecular weight excluding hydrogens is 373 g/mol. The van der Waals surface area contributed by atoms with Gasteiger partial charge < -0.3 is 10.6 Å². The normalized spacial score (nSPS) is 18.2. The first kappa shape index (κ1) is 19.4. The van der Waals surface area contributed by atoms with Crippen LogP contribution in [0.5, 0.6) is 0 Å². The molecule has 1 aromatic rings. The van der Waals surface area contributed by atoms with Crippen LogP contribution in [0.1, 0.15) is 24.5 Å². The molecule has 0 saturated heterocycles. The number of alkyl halides is 3. The molecule has 7 nitrogen and oxygen atoms in total. The molecule has 2 aliphatic heterocycles. The van der Waals surface area contributed by atoms with Crippen LogP contribution in [0.25, 0.3) is 0 Å². The molecule has 0 bridgehead atoms. The van der Waals surface area contributed by atoms with Crippen LogP contribution in [0.3, 0.4) is 0 Å². The lowest BCUT2D eigenvalue weighted by atomic mass is 10.1. The van der Waals surface area contributed by atoms with Crippen LogP contribution in [0.4, 0.5) is 23.7 Å². The van der Waals surface area contributed by atoms with Crippen LogP contribution in [-0.2, 0) is 6.18 Å². The second kappa shape index (κ2) is 7.72. The van der Waals surface area contributed by atoms with E-state index in [0.717, 1.165) is 6.07 Å². The highest BCUT2D eigenvalue weighted by atomic mass is 19.4. The van der Waals surface area contributed by atoms with E-state index in [1.165, 1.54) is 13.1 Å². The topological polar surface area (TPSA) is 90.2 Å². The minimum absolute atomic E-state index is 0.0415. The van der Waals surface area contributed by atoms with Crippen molar-refractivity contribution in [1.82, 2.24) is 10.6 Å². The van der Waals surface area contributed by atoms with Gasteiger partial charge in [0.15, 0.2) is 11.7 Å². The van der Waals surface area contributed by atoms with Crippen molar-refractivity contribution in [3.8, 4) is 0 Å². The fraction of sp³-hybridized carbons (Fsp3) is 0.333. The van der Waals surface area contributed by atoms with Crippen LogP contribution in [0, 0.1) is 19.1 Å². The Morgan fingerprint density at radius 2 is 2.11 bits per heavy atom. The molecule has 2 aliphatic rings. The average Bonchev–Trinajstić information content (AvgIpc) is 2.62. The predicted molar refractivity (Wildman–Crippen MR) is 99.5 cm³/mol. The third kappa shape index (κ3) is 4.49. The number of anilines is 1. The number of fused-ring (bicyclic) bond motifs is 1. The Bertz CT molecular complexity index is 901. The fourth-order valence-electron chi connectivity index (χ4n) is 2.59. The standard InChI is InChI=1S/C18H17F3N6O/c1-3-22-17(28)27-14-7-6-13-16(25-14)26-15(9-23-13)24-11-5-4-10(2)12(8-11)18(19,20)21/h7-9,13H,3,6H2,1-2H3,(H2,22,27,28)(H,24,25,26). The molecule has 1 aromatic carbocycles. The molecule has 1 unspecified atom stereocenters. The maximum absolute atomic E-state index is 13.0. The smallest absolute Gasteiger partial charge is 0.338 e. The molecule has 3 N–H and O–H groups in total. The minimum Gasteiger partial charge on any atom is -0.338 e. The van der Waals surface area contributed by atoms with E-state index in [-0.39, 0.29) is 29.2 Å². The molecular formula is C18H17F3N6O. The molecule has 2 heterocycles. The van der Waals surface area contributed by atoms with Gasteiger partial charge in [0.05, 0.1) is 17.5 Å². The first-order valence-electron chi connectivity index (χ1n) is 8.50. The van der Waals surface area contributed by atoms with E-state index < -0.39 is 11.7 Å². The summed E-state index contributed by atoms with van der Waals surface area (Å²) in [7, 11) is 0. The van der Waals surface area contributed by atoms with Crippen LogP contribution in [0.15, 0.2) is 32.9 Å². The van der Waals surface area contributed by atoms with E-state index in [1.807, 2.05) is 0 Å². The summed E-state index contributed by atoms with van der Waals surface area (Å²) in [4.78, 5) is 24.5. The Hall–Kier alpha value is -3.35. The zero-order valence-corrected chi connectivity index (χ0v) is 15.1. The van der Waals surface area contributed by atoms with Crippen molar-refractivity contribution in [2.75, 3.05) is 11.9 Å². The molecule has 28 heavy (non-hydrogen) atoms. The first-order valence-corrected chi connectivity index (χ1v) is 8.50. The summed E-state index contributed by atoms with van der Waals surface area (Å²) < 4.78 is 39.1. The van der Waals surface area contributed by atoms with E-state index >= 15 is 0 Å². The van der Waals surface area contributed by atoms with Gasteiger partial charge in [-0.1, -0.05) is 6.07 Å². The van der Waals surface area contributed by atoms with Gasteiger partial charge in [0, 0.05) is 12.1 Å². The number of nitrogens with one attached hydrogen (secondary N) is 3. The van der Waals surface area contributed by atoms with Crippen LogP contribution < -0.4 is 16.0 Å². The second-order valence-corrected chi connectivity index (χ2v) is 6.04. The Morgan fingerprint density at radius 3 is 2.82 bits per heavy atom. The number of amides is 2. The van der Waals surface area contributed by atoms with Gasteiger partial charge in [0.2, 0.25) is 0 Å². The third-order valence-electron chi connectivity index (χ3n) is 3.90. The third-order valence-corrected chi connectivity index (χ3v) is 3.90. The SMILES string of the molecule is CCNC(=O)NC1=CCC2N=CC(Nc3c#cc(C)c(C(F)(F)F)c3)=NC2=N1.